The van der Waals surface area contributed by atoms with Gasteiger partial charge in [-0.15, -0.1) is 0 Å². The zero-order valence-corrected chi connectivity index (χ0v) is 27.0. The van der Waals surface area contributed by atoms with Gasteiger partial charge in [-0.05, 0) is 86.1 Å². The van der Waals surface area contributed by atoms with E-state index in [1.54, 1.807) is 20.8 Å². The van der Waals surface area contributed by atoms with Crippen molar-refractivity contribution in [1.29, 1.82) is 0 Å². The van der Waals surface area contributed by atoms with Gasteiger partial charge in [-0.2, -0.15) is 26.3 Å². The Kier molecular flexibility index (Phi) is 11.2. The first kappa shape index (κ1) is 37.1. The maximum absolute atomic E-state index is 13.4. The second kappa shape index (κ2) is 14.8. The fourth-order valence-corrected chi connectivity index (χ4v) is 5.58. The molecule has 49 heavy (non-hydrogen) atoms. The van der Waals surface area contributed by atoms with Crippen LogP contribution in [0.25, 0.3) is 11.1 Å². The molecule has 0 radical (unpaired) electrons. The summed E-state index contributed by atoms with van der Waals surface area (Å²) in [5, 5.41) is 12.1. The molecule has 0 bridgehead atoms. The molecule has 3 aromatic carbocycles. The number of halogens is 6. The Bertz CT molecular complexity index is 1590. The van der Waals surface area contributed by atoms with E-state index in [9.17, 15) is 45.8 Å². The predicted molar refractivity (Wildman–Crippen MR) is 167 cm³/mol. The van der Waals surface area contributed by atoms with Crippen molar-refractivity contribution in [3.8, 4) is 11.1 Å². The van der Waals surface area contributed by atoms with Gasteiger partial charge in [-0.3, -0.25) is 0 Å². The summed E-state index contributed by atoms with van der Waals surface area (Å²) >= 11 is 0. The van der Waals surface area contributed by atoms with Crippen molar-refractivity contribution >= 4 is 18.2 Å². The third-order valence-corrected chi connectivity index (χ3v) is 7.78. The van der Waals surface area contributed by atoms with Crippen LogP contribution in [0.5, 0.6) is 0 Å². The topological polar surface area (TPSA) is 105 Å². The number of nitrogens with one attached hydrogen (secondary N) is 1. The molecular weight excluding hydrogens is 658 g/mol. The molecule has 0 saturated heterocycles. The highest BCUT2D eigenvalue weighted by Gasteiger charge is 2.37. The van der Waals surface area contributed by atoms with Crippen molar-refractivity contribution in [1.82, 2.24) is 10.2 Å². The lowest BCUT2D eigenvalue weighted by molar-refractivity contribution is -0.143. The summed E-state index contributed by atoms with van der Waals surface area (Å²) in [6.45, 7) is 3.76. The molecule has 0 saturated carbocycles. The third-order valence-electron chi connectivity index (χ3n) is 7.78. The van der Waals surface area contributed by atoms with Gasteiger partial charge in [-0.25, -0.2) is 14.4 Å². The molecule has 0 heterocycles. The Hall–Kier alpha value is -4.75. The van der Waals surface area contributed by atoms with Crippen molar-refractivity contribution in [3.05, 3.63) is 94.5 Å². The summed E-state index contributed by atoms with van der Waals surface area (Å²) in [6.07, 6.45) is -12.0. The van der Waals surface area contributed by atoms with Crippen molar-refractivity contribution in [3.63, 3.8) is 0 Å². The van der Waals surface area contributed by atoms with E-state index in [0.29, 0.717) is 12.1 Å². The number of carbonyl (C=O) groups excluding carboxylic acids is 2. The molecule has 0 fully saturated rings. The molecule has 8 nitrogen and oxygen atoms in total. The number of carbonyl (C=O) groups is 3. The number of benzene rings is 3. The summed E-state index contributed by atoms with van der Waals surface area (Å²) in [5.41, 5.74) is -0.513. The zero-order valence-electron chi connectivity index (χ0n) is 27.0. The van der Waals surface area contributed by atoms with E-state index < -0.39 is 65.4 Å². The van der Waals surface area contributed by atoms with Crippen molar-refractivity contribution in [2.75, 3.05) is 13.2 Å². The summed E-state index contributed by atoms with van der Waals surface area (Å²) < 4.78 is 91.3. The van der Waals surface area contributed by atoms with E-state index in [0.717, 1.165) is 27.2 Å². The minimum Gasteiger partial charge on any atom is -0.480 e. The van der Waals surface area contributed by atoms with Crippen LogP contribution < -0.4 is 5.32 Å². The first-order chi connectivity index (χ1) is 22.8. The van der Waals surface area contributed by atoms with E-state index in [4.69, 9.17) is 9.47 Å². The van der Waals surface area contributed by atoms with Crippen LogP contribution in [0.4, 0.5) is 35.9 Å². The first-order valence-electron chi connectivity index (χ1n) is 15.4. The molecule has 264 valence electrons. The van der Waals surface area contributed by atoms with E-state index >= 15 is 0 Å². The molecule has 0 aliphatic heterocycles. The van der Waals surface area contributed by atoms with Crippen LogP contribution in [0.3, 0.4) is 0 Å². The van der Waals surface area contributed by atoms with Gasteiger partial charge in [0.15, 0.2) is 0 Å². The normalized spacial score (nSPS) is 13.7. The van der Waals surface area contributed by atoms with Gasteiger partial charge in [0.05, 0.1) is 11.1 Å². The van der Waals surface area contributed by atoms with Gasteiger partial charge < -0.3 is 24.8 Å². The highest BCUT2D eigenvalue weighted by atomic mass is 19.4. The molecule has 0 aromatic heterocycles. The standard InChI is InChI=1S/C35H36F6N2O6/c1-33(2,3)49-32(47)43(19-21-16-22(34(36,37)38)18-23(17-21)35(39,40)41)15-9-8-14-29(30(44)45)42-31(46)48-20-28-26-12-6-4-10-24(26)25-11-5-7-13-27(25)28/h4-7,10-13,16-18,28-29H,8-9,14-15,19-20H2,1-3H3,(H,42,46)(H,44,45)/t29-/m0/s1. The number of unbranched alkanes of at least 4 members (excludes halogenated alkanes) is 1. The van der Waals surface area contributed by atoms with Crippen LogP contribution in [0, 0.1) is 0 Å². The summed E-state index contributed by atoms with van der Waals surface area (Å²) in [5.74, 6) is -1.59. The fourth-order valence-electron chi connectivity index (χ4n) is 5.58. The zero-order chi connectivity index (χ0) is 36.1. The van der Waals surface area contributed by atoms with Gasteiger partial charge in [0.1, 0.15) is 18.2 Å². The molecule has 1 aliphatic rings. The Morgan fingerprint density at radius 1 is 0.837 bits per heavy atom. The van der Waals surface area contributed by atoms with E-state index in [1.807, 2.05) is 48.5 Å². The molecule has 4 rings (SSSR count). The Labute approximate surface area is 279 Å². The van der Waals surface area contributed by atoms with Crippen molar-refractivity contribution in [2.24, 2.45) is 0 Å². The van der Waals surface area contributed by atoms with Crippen LogP contribution in [-0.4, -0.2) is 53.0 Å². The van der Waals surface area contributed by atoms with Crippen LogP contribution >= 0.6 is 0 Å². The SMILES string of the molecule is CC(C)(C)OC(=O)N(CCCC[C@H](NC(=O)OCC1c2ccccc2-c2ccccc21)C(=O)O)Cc1cc(C(F)(F)F)cc(C(F)(F)F)c1. The molecule has 1 atom stereocenters. The second-order valence-corrected chi connectivity index (χ2v) is 12.7. The van der Waals surface area contributed by atoms with Gasteiger partial charge in [0.25, 0.3) is 0 Å². The number of carboxylic acids is 1. The number of aliphatic carboxylic acids is 1. The predicted octanol–water partition coefficient (Wildman–Crippen LogP) is 8.62. The minimum atomic E-state index is -5.07. The molecule has 14 heteroatoms. The number of hydrogen-bond donors (Lipinski definition) is 2. The maximum atomic E-state index is 13.4. The first-order valence-corrected chi connectivity index (χ1v) is 15.4. The summed E-state index contributed by atoms with van der Waals surface area (Å²) in [6, 6.07) is 15.1. The van der Waals surface area contributed by atoms with Gasteiger partial charge in [0, 0.05) is 19.0 Å². The number of rotatable bonds is 11. The van der Waals surface area contributed by atoms with Gasteiger partial charge in [-0.1, -0.05) is 48.5 Å². The number of alkyl halides is 6. The number of amides is 2. The number of alkyl carbamates (subject to hydrolysis) is 1. The van der Waals surface area contributed by atoms with E-state index in [-0.39, 0.29) is 44.4 Å². The third kappa shape index (κ3) is 9.89. The average molecular weight is 695 g/mol. The summed E-state index contributed by atoms with van der Waals surface area (Å²) in [7, 11) is 0. The molecule has 0 unspecified atom stereocenters. The number of fused-ring (bicyclic) bond motifs is 3. The van der Waals surface area contributed by atoms with Crippen LogP contribution in [-0.2, 0) is 33.2 Å². The highest BCUT2D eigenvalue weighted by Crippen LogP contribution is 2.44. The second-order valence-electron chi connectivity index (χ2n) is 12.7. The van der Waals surface area contributed by atoms with Crippen LogP contribution in [0.1, 0.15) is 73.8 Å². The van der Waals surface area contributed by atoms with E-state index in [2.05, 4.69) is 5.32 Å². The Morgan fingerprint density at radius 2 is 1.37 bits per heavy atom. The smallest absolute Gasteiger partial charge is 0.416 e. The van der Waals surface area contributed by atoms with Crippen molar-refractivity contribution in [2.45, 2.75) is 76.5 Å². The quantitative estimate of drug-likeness (QED) is 0.154. The maximum Gasteiger partial charge on any atom is 0.416 e. The largest absolute Gasteiger partial charge is 0.480 e. The molecule has 2 N–H and O–H groups in total. The van der Waals surface area contributed by atoms with Crippen LogP contribution in [0.2, 0.25) is 0 Å². The molecule has 1 aliphatic carbocycles. The highest BCUT2D eigenvalue weighted by molar-refractivity contribution is 5.81. The Morgan fingerprint density at radius 3 is 1.86 bits per heavy atom. The number of carboxylic acid groups (broad SMARTS) is 1. The van der Waals surface area contributed by atoms with Gasteiger partial charge in [0.2, 0.25) is 0 Å². The van der Waals surface area contributed by atoms with Crippen molar-refractivity contribution < 1.29 is 55.3 Å². The molecule has 3 aromatic rings. The fraction of sp³-hybridized carbons (Fsp3) is 0.400. The average Bonchev–Trinajstić information content (AvgIpc) is 3.32. The summed E-state index contributed by atoms with van der Waals surface area (Å²) in [4.78, 5) is 38.5. The lowest BCUT2D eigenvalue weighted by Crippen LogP contribution is -2.41. The number of nitrogens with zero attached hydrogens (tertiary/aromatic N) is 1. The lowest BCUT2D eigenvalue weighted by atomic mass is 9.98. The minimum absolute atomic E-state index is 0.00305. The molecular formula is C35H36F6N2O6. The molecule has 0 spiro atoms. The van der Waals surface area contributed by atoms with Crippen LogP contribution in [0.15, 0.2) is 66.7 Å². The van der Waals surface area contributed by atoms with Gasteiger partial charge >= 0.3 is 30.5 Å². The number of hydrogen-bond acceptors (Lipinski definition) is 5. The lowest BCUT2D eigenvalue weighted by Gasteiger charge is -2.28. The Balaban J connectivity index is 1.38. The molecule has 2 amide bonds. The number of ether oxygens (including phenoxy) is 2. The van der Waals surface area contributed by atoms with E-state index in [1.165, 1.54) is 0 Å². The monoisotopic (exact) mass is 694 g/mol.